The van der Waals surface area contributed by atoms with Gasteiger partial charge in [-0.2, -0.15) is 0 Å². The van der Waals surface area contributed by atoms with Gasteiger partial charge in [-0.1, -0.05) is 24.3 Å². The average molecular weight is 344 g/mol. The lowest BCUT2D eigenvalue weighted by molar-refractivity contribution is -0.113. The van der Waals surface area contributed by atoms with Gasteiger partial charge in [0.15, 0.2) is 0 Å². The Hall–Kier alpha value is -2.64. The molecule has 0 saturated carbocycles. The molecule has 0 spiro atoms. The summed E-state index contributed by atoms with van der Waals surface area (Å²) in [6.45, 7) is 1.79. The molecule has 0 fully saturated rings. The Morgan fingerprint density at radius 2 is 1.96 bits per heavy atom. The third kappa shape index (κ3) is 3.32. The quantitative estimate of drug-likeness (QED) is 0.890. The Labute approximate surface area is 140 Å². The summed E-state index contributed by atoms with van der Waals surface area (Å²) in [6, 6.07) is 12.0. The Morgan fingerprint density at radius 1 is 1.21 bits per heavy atom. The summed E-state index contributed by atoms with van der Waals surface area (Å²) in [7, 11) is -3.85. The van der Waals surface area contributed by atoms with Gasteiger partial charge in [0.05, 0.1) is 10.5 Å². The molecule has 6 nitrogen and oxygen atoms in total. The fraction of sp³-hybridized carbons (Fsp3) is 0.118. The fourth-order valence-corrected chi connectivity index (χ4v) is 3.25. The minimum atomic E-state index is -3.85. The van der Waals surface area contributed by atoms with Gasteiger partial charge in [0, 0.05) is 11.3 Å². The van der Waals surface area contributed by atoms with E-state index in [1.54, 1.807) is 25.1 Å². The number of benzene rings is 2. The predicted molar refractivity (Wildman–Crippen MR) is 91.1 cm³/mol. The second-order valence-corrected chi connectivity index (χ2v) is 7.01. The zero-order valence-corrected chi connectivity index (χ0v) is 13.8. The lowest BCUT2D eigenvalue weighted by Crippen LogP contribution is -2.21. The van der Waals surface area contributed by atoms with E-state index in [1.165, 1.54) is 6.07 Å². The maximum absolute atomic E-state index is 12.4. The van der Waals surface area contributed by atoms with Crippen LogP contribution in [-0.2, 0) is 14.8 Å². The molecule has 1 aliphatic rings. The summed E-state index contributed by atoms with van der Waals surface area (Å²) < 4.78 is 28.7. The van der Waals surface area contributed by atoms with Crippen LogP contribution < -0.4 is 15.2 Å². The van der Waals surface area contributed by atoms with Gasteiger partial charge in [-0.05, 0) is 36.8 Å². The normalized spacial score (nSPS) is 13.5. The van der Waals surface area contributed by atoms with Crippen LogP contribution in [0.1, 0.15) is 11.1 Å². The number of hydrogen-bond donors (Lipinski definition) is 2. The minimum Gasteiger partial charge on any atom is -0.488 e. The van der Waals surface area contributed by atoms with Crippen molar-refractivity contribution in [1.29, 1.82) is 0 Å². The molecule has 24 heavy (non-hydrogen) atoms. The van der Waals surface area contributed by atoms with Crippen molar-refractivity contribution in [2.45, 2.75) is 11.8 Å². The van der Waals surface area contributed by atoms with Gasteiger partial charge >= 0.3 is 0 Å². The molecule has 0 bridgehead atoms. The first-order valence-electron chi connectivity index (χ1n) is 7.22. The van der Waals surface area contributed by atoms with Crippen molar-refractivity contribution in [1.82, 2.24) is 0 Å². The van der Waals surface area contributed by atoms with Crippen LogP contribution in [0.3, 0.4) is 0 Å². The molecule has 3 rings (SSSR count). The number of carbonyl (C=O) groups is 1. The number of nitrogens with two attached hydrogens (primary N) is 1. The lowest BCUT2D eigenvalue weighted by atomic mass is 10.1. The van der Waals surface area contributed by atoms with Crippen LogP contribution in [0.2, 0.25) is 0 Å². The number of para-hydroxylation sites is 1. The number of anilines is 1. The van der Waals surface area contributed by atoms with Crippen molar-refractivity contribution in [2.75, 3.05) is 11.9 Å². The van der Waals surface area contributed by atoms with E-state index < -0.39 is 10.0 Å². The highest BCUT2D eigenvalue weighted by Gasteiger charge is 2.18. The largest absolute Gasteiger partial charge is 0.488 e. The second-order valence-electron chi connectivity index (χ2n) is 5.48. The van der Waals surface area contributed by atoms with Gasteiger partial charge in [0.2, 0.25) is 10.0 Å². The molecule has 0 aliphatic carbocycles. The average Bonchev–Trinajstić information content (AvgIpc) is 2.55. The molecule has 7 heteroatoms. The van der Waals surface area contributed by atoms with Crippen LogP contribution in [0.15, 0.2) is 52.9 Å². The summed E-state index contributed by atoms with van der Waals surface area (Å²) in [5.41, 5.74) is 2.15. The molecular formula is C17H16N2O4S. The van der Waals surface area contributed by atoms with Crippen LogP contribution in [-0.4, -0.2) is 20.9 Å². The first kappa shape index (κ1) is 16.2. The number of aryl methyl sites for hydroxylation is 1. The number of primary sulfonamides is 1. The highest BCUT2D eigenvalue weighted by atomic mass is 32.2. The van der Waals surface area contributed by atoms with E-state index in [1.807, 2.05) is 24.3 Å². The molecular weight excluding hydrogens is 328 g/mol. The SMILES string of the molecule is Cc1ccc(NC(=O)C2=Cc3ccccc3OC2)cc1S(N)(=O)=O. The molecule has 0 saturated heterocycles. The maximum atomic E-state index is 12.4. The van der Waals surface area contributed by atoms with Gasteiger partial charge in [0.1, 0.15) is 12.4 Å². The number of rotatable bonds is 3. The Kier molecular flexibility index (Phi) is 4.13. The third-order valence-electron chi connectivity index (χ3n) is 3.68. The minimum absolute atomic E-state index is 0.0143. The molecule has 0 atom stereocenters. The lowest BCUT2D eigenvalue weighted by Gasteiger charge is -2.17. The standard InChI is InChI=1S/C17H16N2O4S/c1-11-6-7-14(9-16(11)24(18,21)22)19-17(20)13-8-12-4-2-3-5-15(12)23-10-13/h2-9H,10H2,1H3,(H,19,20)(H2,18,21,22). The van der Waals surface area contributed by atoms with Crippen LogP contribution in [0, 0.1) is 6.92 Å². The van der Waals surface area contributed by atoms with E-state index in [0.29, 0.717) is 16.8 Å². The molecule has 0 unspecified atom stereocenters. The van der Waals surface area contributed by atoms with Gasteiger partial charge in [-0.15, -0.1) is 0 Å². The molecule has 1 amide bonds. The Morgan fingerprint density at radius 3 is 2.71 bits per heavy atom. The Balaban J connectivity index is 1.85. The first-order chi connectivity index (χ1) is 11.3. The van der Waals surface area contributed by atoms with E-state index >= 15 is 0 Å². The van der Waals surface area contributed by atoms with Crippen LogP contribution in [0.25, 0.3) is 6.08 Å². The van der Waals surface area contributed by atoms with Crippen molar-refractivity contribution in [3.8, 4) is 5.75 Å². The van der Waals surface area contributed by atoms with Crippen LogP contribution in [0.5, 0.6) is 5.75 Å². The second kappa shape index (κ2) is 6.10. The van der Waals surface area contributed by atoms with Gasteiger partial charge in [-0.25, -0.2) is 13.6 Å². The molecule has 3 N–H and O–H groups in total. The maximum Gasteiger partial charge on any atom is 0.255 e. The van der Waals surface area contributed by atoms with Crippen LogP contribution in [0.4, 0.5) is 5.69 Å². The van der Waals surface area contributed by atoms with E-state index in [2.05, 4.69) is 5.32 Å². The van der Waals surface area contributed by atoms with Crippen molar-refractivity contribution < 1.29 is 17.9 Å². The van der Waals surface area contributed by atoms with E-state index in [-0.39, 0.29) is 17.4 Å². The monoisotopic (exact) mass is 344 g/mol. The summed E-state index contributed by atoms with van der Waals surface area (Å²) in [5, 5.41) is 7.86. The molecule has 0 radical (unpaired) electrons. The first-order valence-corrected chi connectivity index (χ1v) is 8.76. The fourth-order valence-electron chi connectivity index (χ4n) is 2.44. The number of sulfonamides is 1. The summed E-state index contributed by atoms with van der Waals surface area (Å²) >= 11 is 0. The van der Waals surface area contributed by atoms with E-state index in [9.17, 15) is 13.2 Å². The number of nitrogens with one attached hydrogen (secondary N) is 1. The van der Waals surface area contributed by atoms with E-state index in [0.717, 1.165) is 11.3 Å². The summed E-state index contributed by atoms with van der Waals surface area (Å²) in [6.07, 6.45) is 1.75. The number of fused-ring (bicyclic) bond motifs is 1. The molecule has 1 heterocycles. The number of ether oxygens (including phenoxy) is 1. The molecule has 2 aromatic carbocycles. The molecule has 1 aliphatic heterocycles. The van der Waals surface area contributed by atoms with Crippen LogP contribution >= 0.6 is 0 Å². The number of hydrogen-bond acceptors (Lipinski definition) is 4. The van der Waals surface area contributed by atoms with Gasteiger partial charge < -0.3 is 10.1 Å². The van der Waals surface area contributed by atoms with Crippen molar-refractivity contribution in [3.05, 3.63) is 59.2 Å². The van der Waals surface area contributed by atoms with Crippen molar-refractivity contribution in [2.24, 2.45) is 5.14 Å². The smallest absolute Gasteiger partial charge is 0.255 e. The number of carbonyl (C=O) groups excluding carboxylic acids is 1. The Bertz CT molecular complexity index is 949. The highest BCUT2D eigenvalue weighted by molar-refractivity contribution is 7.89. The number of amides is 1. The summed E-state index contributed by atoms with van der Waals surface area (Å²) in [5.74, 6) is 0.370. The summed E-state index contributed by atoms with van der Waals surface area (Å²) in [4.78, 5) is 12.4. The molecule has 2 aromatic rings. The zero-order chi connectivity index (χ0) is 17.3. The highest BCUT2D eigenvalue weighted by Crippen LogP contribution is 2.26. The van der Waals surface area contributed by atoms with Crippen molar-refractivity contribution >= 4 is 27.7 Å². The topological polar surface area (TPSA) is 98.5 Å². The predicted octanol–water partition coefficient (Wildman–Crippen LogP) is 2.06. The third-order valence-corrected chi connectivity index (χ3v) is 4.73. The van der Waals surface area contributed by atoms with Gasteiger partial charge in [0.25, 0.3) is 5.91 Å². The zero-order valence-electron chi connectivity index (χ0n) is 12.9. The van der Waals surface area contributed by atoms with Gasteiger partial charge in [-0.3, -0.25) is 4.79 Å². The van der Waals surface area contributed by atoms with E-state index in [4.69, 9.17) is 9.88 Å². The van der Waals surface area contributed by atoms with Crippen molar-refractivity contribution in [3.63, 3.8) is 0 Å². The molecule has 0 aromatic heterocycles. The molecule has 124 valence electrons.